The van der Waals surface area contributed by atoms with Crippen molar-refractivity contribution >= 4 is 15.9 Å². The molecule has 0 aromatic heterocycles. The Kier molecular flexibility index (Phi) is 3.88. The first-order chi connectivity index (χ1) is 6.19. The first-order valence-corrected chi connectivity index (χ1v) is 5.10. The molecule has 1 aromatic carbocycles. The number of benzene rings is 1. The molecule has 0 aliphatic rings. The van der Waals surface area contributed by atoms with Crippen LogP contribution in [0.3, 0.4) is 0 Å². The molecule has 1 N–H and O–H groups in total. The molecule has 1 aromatic rings. The molecule has 0 saturated heterocycles. The summed E-state index contributed by atoms with van der Waals surface area (Å²) in [6.45, 7) is 2.09. The maximum Gasteiger partial charge on any atom is 0.124 e. The van der Waals surface area contributed by atoms with Crippen LogP contribution in [-0.4, -0.2) is 7.05 Å². The van der Waals surface area contributed by atoms with E-state index in [2.05, 4.69) is 28.2 Å². The number of hydrogen-bond donors (Lipinski definition) is 1. The van der Waals surface area contributed by atoms with Crippen molar-refractivity contribution in [2.75, 3.05) is 7.05 Å². The quantitative estimate of drug-likeness (QED) is 0.863. The van der Waals surface area contributed by atoms with Gasteiger partial charge in [0.1, 0.15) is 5.82 Å². The van der Waals surface area contributed by atoms with Gasteiger partial charge in [0.25, 0.3) is 0 Å². The van der Waals surface area contributed by atoms with Crippen molar-refractivity contribution in [3.63, 3.8) is 0 Å². The summed E-state index contributed by atoms with van der Waals surface area (Å²) in [6.07, 6.45) is 0.987. The van der Waals surface area contributed by atoms with Crippen molar-refractivity contribution in [1.82, 2.24) is 5.32 Å². The first-order valence-electron chi connectivity index (χ1n) is 4.31. The van der Waals surface area contributed by atoms with Gasteiger partial charge in [-0.15, -0.1) is 0 Å². The second-order valence-electron chi connectivity index (χ2n) is 2.92. The van der Waals surface area contributed by atoms with Gasteiger partial charge in [-0.2, -0.15) is 0 Å². The molecule has 1 nitrogen and oxygen atoms in total. The van der Waals surface area contributed by atoms with E-state index in [1.807, 2.05) is 13.1 Å². The number of hydrogen-bond acceptors (Lipinski definition) is 1. The average Bonchev–Trinajstić information content (AvgIpc) is 2.10. The van der Waals surface area contributed by atoms with Crippen molar-refractivity contribution in [1.29, 1.82) is 0 Å². The molecule has 0 radical (unpaired) electrons. The van der Waals surface area contributed by atoms with Gasteiger partial charge in [-0.1, -0.05) is 28.9 Å². The molecule has 1 unspecified atom stereocenters. The summed E-state index contributed by atoms with van der Waals surface area (Å²) in [7, 11) is 1.91. The molecule has 13 heavy (non-hydrogen) atoms. The Morgan fingerprint density at radius 3 is 2.69 bits per heavy atom. The van der Waals surface area contributed by atoms with E-state index in [1.54, 1.807) is 0 Å². The van der Waals surface area contributed by atoms with E-state index >= 15 is 0 Å². The maximum atomic E-state index is 12.8. The molecule has 0 amide bonds. The lowest BCUT2D eigenvalue weighted by Gasteiger charge is -2.15. The molecule has 1 atom stereocenters. The molecule has 0 bridgehead atoms. The van der Waals surface area contributed by atoms with Crippen LogP contribution in [0.4, 0.5) is 4.39 Å². The monoisotopic (exact) mass is 245 g/mol. The van der Waals surface area contributed by atoms with Crippen LogP contribution in [0, 0.1) is 5.82 Å². The molecule has 1 rings (SSSR count). The van der Waals surface area contributed by atoms with Crippen LogP contribution in [0.2, 0.25) is 0 Å². The summed E-state index contributed by atoms with van der Waals surface area (Å²) >= 11 is 3.35. The second kappa shape index (κ2) is 4.72. The molecular weight excluding hydrogens is 233 g/mol. The first kappa shape index (κ1) is 10.7. The lowest BCUT2D eigenvalue weighted by Crippen LogP contribution is -2.15. The minimum absolute atomic E-state index is 0.207. The minimum Gasteiger partial charge on any atom is -0.313 e. The van der Waals surface area contributed by atoms with Crippen molar-refractivity contribution in [2.45, 2.75) is 19.4 Å². The lowest BCUT2D eigenvalue weighted by atomic mass is 10.1. The van der Waals surface area contributed by atoms with Gasteiger partial charge < -0.3 is 5.32 Å². The van der Waals surface area contributed by atoms with Gasteiger partial charge in [-0.25, -0.2) is 4.39 Å². The van der Waals surface area contributed by atoms with Gasteiger partial charge in [0.15, 0.2) is 0 Å². The fourth-order valence-electron chi connectivity index (χ4n) is 1.36. The van der Waals surface area contributed by atoms with Gasteiger partial charge in [-0.05, 0) is 31.2 Å². The molecule has 0 saturated carbocycles. The third kappa shape index (κ3) is 2.51. The Balaban J connectivity index is 2.99. The molecular formula is C10H13BrFN. The Morgan fingerprint density at radius 1 is 1.54 bits per heavy atom. The van der Waals surface area contributed by atoms with E-state index < -0.39 is 0 Å². The third-order valence-electron chi connectivity index (χ3n) is 2.09. The van der Waals surface area contributed by atoms with E-state index in [-0.39, 0.29) is 11.9 Å². The normalized spacial score (nSPS) is 12.9. The molecule has 0 aliphatic carbocycles. The topological polar surface area (TPSA) is 12.0 Å². The van der Waals surface area contributed by atoms with E-state index in [4.69, 9.17) is 0 Å². The van der Waals surface area contributed by atoms with Gasteiger partial charge in [0, 0.05) is 10.5 Å². The van der Waals surface area contributed by atoms with Crippen LogP contribution in [-0.2, 0) is 0 Å². The van der Waals surface area contributed by atoms with Gasteiger partial charge in [0.2, 0.25) is 0 Å². The minimum atomic E-state index is -0.207. The Hall–Kier alpha value is -0.410. The zero-order valence-corrected chi connectivity index (χ0v) is 9.36. The average molecular weight is 246 g/mol. The largest absolute Gasteiger partial charge is 0.313 e. The highest BCUT2D eigenvalue weighted by Crippen LogP contribution is 2.25. The fraction of sp³-hybridized carbons (Fsp3) is 0.400. The fourth-order valence-corrected chi connectivity index (χ4v) is 1.99. The smallest absolute Gasteiger partial charge is 0.124 e. The molecule has 0 spiro atoms. The van der Waals surface area contributed by atoms with E-state index in [0.29, 0.717) is 0 Å². The summed E-state index contributed by atoms with van der Waals surface area (Å²) in [5, 5.41) is 3.18. The van der Waals surface area contributed by atoms with Crippen molar-refractivity contribution in [2.24, 2.45) is 0 Å². The lowest BCUT2D eigenvalue weighted by molar-refractivity contribution is 0.570. The summed E-state index contributed by atoms with van der Waals surface area (Å²) in [4.78, 5) is 0. The number of nitrogens with one attached hydrogen (secondary N) is 1. The van der Waals surface area contributed by atoms with Gasteiger partial charge >= 0.3 is 0 Å². The predicted molar refractivity (Wildman–Crippen MR) is 56.2 cm³/mol. The maximum absolute atomic E-state index is 12.8. The zero-order chi connectivity index (χ0) is 9.84. The molecule has 0 aliphatic heterocycles. The van der Waals surface area contributed by atoms with Crippen molar-refractivity contribution < 1.29 is 4.39 Å². The SMILES string of the molecule is CCC(NC)c1ccc(F)cc1Br. The molecule has 0 fully saturated rings. The van der Waals surface area contributed by atoms with Crippen LogP contribution in [0.25, 0.3) is 0 Å². The summed E-state index contributed by atoms with van der Waals surface area (Å²) in [6, 6.07) is 5.08. The van der Waals surface area contributed by atoms with Crippen LogP contribution in [0.1, 0.15) is 24.9 Å². The second-order valence-corrected chi connectivity index (χ2v) is 3.77. The molecule has 0 heterocycles. The van der Waals surface area contributed by atoms with E-state index in [0.717, 1.165) is 16.5 Å². The Morgan fingerprint density at radius 2 is 2.23 bits per heavy atom. The summed E-state index contributed by atoms with van der Waals surface area (Å²) < 4.78 is 13.6. The van der Waals surface area contributed by atoms with Gasteiger partial charge in [-0.3, -0.25) is 0 Å². The van der Waals surface area contributed by atoms with Crippen LogP contribution >= 0.6 is 15.9 Å². The van der Waals surface area contributed by atoms with Crippen LogP contribution in [0.15, 0.2) is 22.7 Å². The van der Waals surface area contributed by atoms with Crippen molar-refractivity contribution in [3.05, 3.63) is 34.1 Å². The highest BCUT2D eigenvalue weighted by Gasteiger charge is 2.10. The highest BCUT2D eigenvalue weighted by molar-refractivity contribution is 9.10. The standard InChI is InChI=1S/C10H13BrFN/c1-3-10(13-2)8-5-4-7(12)6-9(8)11/h4-6,10,13H,3H2,1-2H3. The molecule has 72 valence electrons. The predicted octanol–water partition coefficient (Wildman–Crippen LogP) is 3.26. The number of rotatable bonds is 3. The Bertz CT molecular complexity index is 284. The van der Waals surface area contributed by atoms with E-state index in [1.165, 1.54) is 12.1 Å². The van der Waals surface area contributed by atoms with E-state index in [9.17, 15) is 4.39 Å². The van der Waals surface area contributed by atoms with Gasteiger partial charge in [0.05, 0.1) is 0 Å². The van der Waals surface area contributed by atoms with Crippen molar-refractivity contribution in [3.8, 4) is 0 Å². The molecule has 3 heteroatoms. The van der Waals surface area contributed by atoms with Crippen LogP contribution < -0.4 is 5.32 Å². The number of halogens is 2. The Labute approximate surface area is 86.5 Å². The zero-order valence-electron chi connectivity index (χ0n) is 7.77. The third-order valence-corrected chi connectivity index (χ3v) is 2.78. The van der Waals surface area contributed by atoms with Crippen LogP contribution in [0.5, 0.6) is 0 Å². The summed E-state index contributed by atoms with van der Waals surface area (Å²) in [5.74, 6) is -0.207. The highest BCUT2D eigenvalue weighted by atomic mass is 79.9. The summed E-state index contributed by atoms with van der Waals surface area (Å²) in [5.41, 5.74) is 1.10.